The van der Waals surface area contributed by atoms with E-state index < -0.39 is 11.9 Å². The average Bonchev–Trinajstić information content (AvgIpc) is 2.53. The van der Waals surface area contributed by atoms with Crippen LogP contribution in [0.3, 0.4) is 0 Å². The summed E-state index contributed by atoms with van der Waals surface area (Å²) in [5, 5.41) is 3.77. The van der Waals surface area contributed by atoms with Crippen molar-refractivity contribution in [3.63, 3.8) is 0 Å². The van der Waals surface area contributed by atoms with Gasteiger partial charge in [-0.05, 0) is 12.1 Å². The van der Waals surface area contributed by atoms with Gasteiger partial charge in [0.2, 0.25) is 5.88 Å². The third-order valence-corrected chi connectivity index (χ3v) is 3.58. The van der Waals surface area contributed by atoms with Crippen LogP contribution in [0.4, 0.5) is 18.9 Å². The molecule has 0 atom stereocenters. The van der Waals surface area contributed by atoms with Gasteiger partial charge in [0.1, 0.15) is 5.69 Å². The lowest BCUT2D eigenvalue weighted by atomic mass is 10.1. The topological polar surface area (TPSA) is 50.3 Å². The first-order chi connectivity index (χ1) is 10.5. The van der Waals surface area contributed by atoms with Gasteiger partial charge in [-0.15, -0.1) is 0 Å². The van der Waals surface area contributed by atoms with E-state index in [1.54, 1.807) is 12.1 Å². The molecule has 1 N–H and O–H groups in total. The summed E-state index contributed by atoms with van der Waals surface area (Å²) in [4.78, 5) is 9.62. The van der Waals surface area contributed by atoms with E-state index >= 15 is 0 Å². The van der Waals surface area contributed by atoms with Crippen LogP contribution in [0.5, 0.6) is 5.88 Å². The van der Waals surface area contributed by atoms with Gasteiger partial charge in [0.15, 0.2) is 5.65 Å². The van der Waals surface area contributed by atoms with E-state index in [1.807, 2.05) is 4.90 Å². The third-order valence-electron chi connectivity index (χ3n) is 3.58. The summed E-state index contributed by atoms with van der Waals surface area (Å²) >= 11 is 0. The first-order valence-electron chi connectivity index (χ1n) is 6.87. The number of anilines is 1. The van der Waals surface area contributed by atoms with Crippen molar-refractivity contribution in [2.45, 2.75) is 6.18 Å². The van der Waals surface area contributed by atoms with Crippen LogP contribution < -0.4 is 15.0 Å². The van der Waals surface area contributed by atoms with Crippen LogP contribution in [0, 0.1) is 0 Å². The first kappa shape index (κ1) is 14.8. The minimum absolute atomic E-state index is 0.0442. The quantitative estimate of drug-likeness (QED) is 0.920. The van der Waals surface area contributed by atoms with Gasteiger partial charge in [-0.2, -0.15) is 18.2 Å². The summed E-state index contributed by atoms with van der Waals surface area (Å²) < 4.78 is 44.3. The van der Waals surface area contributed by atoms with Crippen molar-refractivity contribution < 1.29 is 17.9 Å². The summed E-state index contributed by atoms with van der Waals surface area (Å²) in [5.74, 6) is 0.241. The molecule has 0 unspecified atom stereocenters. The van der Waals surface area contributed by atoms with Crippen molar-refractivity contribution >= 4 is 16.7 Å². The highest BCUT2D eigenvalue weighted by Gasteiger charge is 2.34. The van der Waals surface area contributed by atoms with Gasteiger partial charge in [-0.1, -0.05) is 0 Å². The van der Waals surface area contributed by atoms with Gasteiger partial charge in [0.05, 0.1) is 12.8 Å². The number of pyridine rings is 2. The molecule has 0 amide bonds. The van der Waals surface area contributed by atoms with Crippen LogP contribution >= 0.6 is 0 Å². The van der Waals surface area contributed by atoms with Gasteiger partial charge in [-0.25, -0.2) is 4.98 Å². The van der Waals surface area contributed by atoms with E-state index in [4.69, 9.17) is 4.74 Å². The number of rotatable bonds is 2. The predicted molar refractivity (Wildman–Crippen MR) is 76.2 cm³/mol. The molecule has 0 bridgehead atoms. The molecular weight excluding hydrogens is 297 g/mol. The predicted octanol–water partition coefficient (Wildman–Crippen LogP) is 2.07. The smallest absolute Gasteiger partial charge is 0.433 e. The fraction of sp³-hybridized carbons (Fsp3) is 0.429. The zero-order valence-electron chi connectivity index (χ0n) is 11.9. The Morgan fingerprint density at radius 2 is 1.91 bits per heavy atom. The second kappa shape index (κ2) is 5.60. The number of alkyl halides is 3. The zero-order valence-corrected chi connectivity index (χ0v) is 11.9. The Labute approximate surface area is 125 Å². The number of methoxy groups -OCH3 is 1. The molecule has 5 nitrogen and oxygen atoms in total. The van der Waals surface area contributed by atoms with Crippen molar-refractivity contribution in [2.24, 2.45) is 0 Å². The Morgan fingerprint density at radius 3 is 2.55 bits per heavy atom. The second-order valence-corrected chi connectivity index (χ2v) is 4.99. The Bertz CT molecular complexity index is 684. The molecule has 3 heterocycles. The zero-order chi connectivity index (χ0) is 15.7. The van der Waals surface area contributed by atoms with E-state index in [0.717, 1.165) is 19.2 Å². The standard InChI is InChI=1S/C14H15F3N4O/c1-22-12-3-2-9-10(21-6-4-18-5-7-21)8-11(14(15,16)17)19-13(9)20-12/h2-3,8,18H,4-7H2,1H3. The molecular formula is C14H15F3N4O. The average molecular weight is 312 g/mol. The molecule has 118 valence electrons. The van der Waals surface area contributed by atoms with E-state index in [2.05, 4.69) is 15.3 Å². The summed E-state index contributed by atoms with van der Waals surface area (Å²) in [7, 11) is 1.42. The molecule has 8 heteroatoms. The minimum Gasteiger partial charge on any atom is -0.481 e. The van der Waals surface area contributed by atoms with Crippen molar-refractivity contribution in [1.82, 2.24) is 15.3 Å². The molecule has 0 spiro atoms. The van der Waals surface area contributed by atoms with E-state index in [9.17, 15) is 13.2 Å². The van der Waals surface area contributed by atoms with Crippen molar-refractivity contribution in [3.8, 4) is 5.88 Å². The number of ether oxygens (including phenoxy) is 1. The summed E-state index contributed by atoms with van der Waals surface area (Å²) in [6, 6.07) is 4.43. The number of aromatic nitrogens is 2. The number of hydrogen-bond acceptors (Lipinski definition) is 5. The lowest BCUT2D eigenvalue weighted by Gasteiger charge is -2.30. The van der Waals surface area contributed by atoms with Crippen LogP contribution in [0.25, 0.3) is 11.0 Å². The maximum Gasteiger partial charge on any atom is 0.433 e. The molecule has 0 aromatic carbocycles. The van der Waals surface area contributed by atoms with Gasteiger partial charge in [0, 0.05) is 37.6 Å². The van der Waals surface area contributed by atoms with E-state index in [0.29, 0.717) is 24.2 Å². The molecule has 0 radical (unpaired) electrons. The Hall–Kier alpha value is -2.09. The van der Waals surface area contributed by atoms with Crippen molar-refractivity contribution in [1.29, 1.82) is 0 Å². The lowest BCUT2D eigenvalue weighted by Crippen LogP contribution is -2.43. The SMILES string of the molecule is COc1ccc2c(N3CCNCC3)cc(C(F)(F)F)nc2n1. The van der Waals surface area contributed by atoms with Gasteiger partial charge >= 0.3 is 6.18 Å². The molecule has 0 aliphatic carbocycles. The van der Waals surface area contributed by atoms with Gasteiger partial charge in [-0.3, -0.25) is 0 Å². The Morgan fingerprint density at radius 1 is 1.18 bits per heavy atom. The van der Waals surface area contributed by atoms with Crippen LogP contribution in [0.15, 0.2) is 18.2 Å². The number of nitrogens with one attached hydrogen (secondary N) is 1. The Balaban J connectivity index is 2.18. The molecule has 2 aromatic rings. The maximum absolute atomic E-state index is 13.1. The van der Waals surface area contributed by atoms with Crippen molar-refractivity contribution in [3.05, 3.63) is 23.9 Å². The normalized spacial score (nSPS) is 16.1. The molecule has 22 heavy (non-hydrogen) atoms. The second-order valence-electron chi connectivity index (χ2n) is 4.99. The largest absolute Gasteiger partial charge is 0.481 e. The number of piperazine rings is 1. The van der Waals surface area contributed by atoms with Crippen LogP contribution in [-0.2, 0) is 6.18 Å². The maximum atomic E-state index is 13.1. The fourth-order valence-corrected chi connectivity index (χ4v) is 2.50. The highest BCUT2D eigenvalue weighted by Crippen LogP contribution is 2.34. The molecule has 1 fully saturated rings. The number of fused-ring (bicyclic) bond motifs is 1. The first-order valence-corrected chi connectivity index (χ1v) is 6.87. The van der Waals surface area contributed by atoms with E-state index in [1.165, 1.54) is 7.11 Å². The highest BCUT2D eigenvalue weighted by atomic mass is 19.4. The van der Waals surface area contributed by atoms with Crippen LogP contribution in [0.1, 0.15) is 5.69 Å². The number of halogens is 3. The molecule has 1 aliphatic rings. The Kier molecular flexibility index (Phi) is 3.78. The summed E-state index contributed by atoms with van der Waals surface area (Å²) in [6.45, 7) is 2.74. The monoisotopic (exact) mass is 312 g/mol. The molecule has 1 aliphatic heterocycles. The highest BCUT2D eigenvalue weighted by molar-refractivity contribution is 5.90. The molecule has 2 aromatic heterocycles. The van der Waals surface area contributed by atoms with Crippen LogP contribution in [-0.4, -0.2) is 43.3 Å². The van der Waals surface area contributed by atoms with E-state index in [-0.39, 0.29) is 11.5 Å². The molecule has 1 saturated heterocycles. The summed E-state index contributed by atoms with van der Waals surface area (Å²) in [5.41, 5.74) is -0.383. The number of nitrogens with zero attached hydrogens (tertiary/aromatic N) is 3. The third kappa shape index (κ3) is 2.78. The minimum atomic E-state index is -4.51. The lowest BCUT2D eigenvalue weighted by molar-refractivity contribution is -0.140. The van der Waals surface area contributed by atoms with Crippen LogP contribution in [0.2, 0.25) is 0 Å². The van der Waals surface area contributed by atoms with Crippen molar-refractivity contribution in [2.75, 3.05) is 38.2 Å². The molecule has 3 rings (SSSR count). The fourth-order valence-electron chi connectivity index (χ4n) is 2.50. The summed E-state index contributed by atoms with van der Waals surface area (Å²) in [6.07, 6.45) is -4.51. The van der Waals surface area contributed by atoms with Gasteiger partial charge < -0.3 is 15.0 Å². The van der Waals surface area contributed by atoms with Gasteiger partial charge in [0.25, 0.3) is 0 Å². The number of hydrogen-bond donors (Lipinski definition) is 1. The molecule has 0 saturated carbocycles.